The van der Waals surface area contributed by atoms with Gasteiger partial charge in [-0.25, -0.2) is 4.98 Å². The van der Waals surface area contributed by atoms with Gasteiger partial charge >= 0.3 is 0 Å². The first kappa shape index (κ1) is 15.0. The van der Waals surface area contributed by atoms with Crippen LogP contribution in [0.1, 0.15) is 29.3 Å². The van der Waals surface area contributed by atoms with Crippen molar-refractivity contribution in [3.63, 3.8) is 0 Å². The van der Waals surface area contributed by atoms with E-state index in [1.54, 1.807) is 22.2 Å². The lowest BCUT2D eigenvalue weighted by atomic mass is 9.89. The SMILES string of the molecule is C[C@@H]1CCc2c(sc3ncn(Cc4ccc5c(c4)OCO5)c(=O)c23)C1. The second-order valence-electron chi connectivity index (χ2n) is 6.90. The molecule has 5 nitrogen and oxygen atoms in total. The molecule has 0 unspecified atom stereocenters. The molecule has 5 rings (SSSR count). The number of hydrogen-bond donors (Lipinski definition) is 0. The van der Waals surface area contributed by atoms with Crippen molar-refractivity contribution in [3.8, 4) is 11.5 Å². The standard InChI is InChI=1S/C19H18N2O3S/c1-11-2-4-13-16(6-11)25-18-17(13)19(22)21(9-20-18)8-12-3-5-14-15(7-12)24-10-23-14/h3,5,7,9,11H,2,4,6,8,10H2,1H3/t11-/m1/s1. The summed E-state index contributed by atoms with van der Waals surface area (Å²) in [6, 6.07) is 5.79. The summed E-state index contributed by atoms with van der Waals surface area (Å²) < 4.78 is 12.5. The number of aryl methyl sites for hydroxylation is 1. The second-order valence-corrected chi connectivity index (χ2v) is 7.98. The lowest BCUT2D eigenvalue weighted by molar-refractivity contribution is 0.174. The van der Waals surface area contributed by atoms with Crippen LogP contribution in [-0.4, -0.2) is 16.3 Å². The molecule has 0 saturated carbocycles. The van der Waals surface area contributed by atoms with Gasteiger partial charge in [0.15, 0.2) is 11.5 Å². The van der Waals surface area contributed by atoms with E-state index < -0.39 is 0 Å². The van der Waals surface area contributed by atoms with Crippen LogP contribution in [0.25, 0.3) is 10.2 Å². The van der Waals surface area contributed by atoms with Crippen LogP contribution in [0.5, 0.6) is 11.5 Å². The van der Waals surface area contributed by atoms with Crippen LogP contribution in [-0.2, 0) is 19.4 Å². The van der Waals surface area contributed by atoms with Crippen LogP contribution < -0.4 is 15.0 Å². The molecule has 0 radical (unpaired) electrons. The van der Waals surface area contributed by atoms with Crippen molar-refractivity contribution < 1.29 is 9.47 Å². The zero-order chi connectivity index (χ0) is 17.0. The number of nitrogens with zero attached hydrogens (tertiary/aromatic N) is 2. The Labute approximate surface area is 148 Å². The van der Waals surface area contributed by atoms with Crippen molar-refractivity contribution in [1.29, 1.82) is 0 Å². The quantitative estimate of drug-likeness (QED) is 0.708. The largest absolute Gasteiger partial charge is 0.454 e. The predicted molar refractivity (Wildman–Crippen MR) is 96.7 cm³/mol. The molecule has 0 bridgehead atoms. The number of hydrogen-bond acceptors (Lipinski definition) is 5. The highest BCUT2D eigenvalue weighted by Gasteiger charge is 2.23. The number of aromatic nitrogens is 2. The molecule has 6 heteroatoms. The lowest BCUT2D eigenvalue weighted by Crippen LogP contribution is -2.22. The Bertz CT molecular complexity index is 1040. The van der Waals surface area contributed by atoms with Crippen LogP contribution >= 0.6 is 11.3 Å². The Hall–Kier alpha value is -2.34. The van der Waals surface area contributed by atoms with Gasteiger partial charge in [-0.05, 0) is 48.4 Å². The van der Waals surface area contributed by atoms with Crippen molar-refractivity contribution in [2.75, 3.05) is 6.79 Å². The molecule has 25 heavy (non-hydrogen) atoms. The molecular formula is C19H18N2O3S. The van der Waals surface area contributed by atoms with E-state index in [1.807, 2.05) is 18.2 Å². The van der Waals surface area contributed by atoms with Crippen LogP contribution in [0.15, 0.2) is 29.3 Å². The molecule has 0 spiro atoms. The maximum Gasteiger partial charge on any atom is 0.262 e. The van der Waals surface area contributed by atoms with E-state index in [0.29, 0.717) is 12.5 Å². The molecular weight excluding hydrogens is 336 g/mol. The fourth-order valence-electron chi connectivity index (χ4n) is 3.71. The highest BCUT2D eigenvalue weighted by Crippen LogP contribution is 2.36. The summed E-state index contributed by atoms with van der Waals surface area (Å²) in [6.45, 7) is 3.02. The van der Waals surface area contributed by atoms with Crippen molar-refractivity contribution in [2.45, 2.75) is 32.7 Å². The summed E-state index contributed by atoms with van der Waals surface area (Å²) in [5.41, 5.74) is 2.30. The molecule has 2 aromatic heterocycles. The maximum atomic E-state index is 13.1. The third-order valence-corrected chi connectivity index (χ3v) is 6.23. The van der Waals surface area contributed by atoms with E-state index in [4.69, 9.17) is 9.47 Å². The molecule has 0 amide bonds. The van der Waals surface area contributed by atoms with Gasteiger partial charge in [-0.3, -0.25) is 9.36 Å². The van der Waals surface area contributed by atoms with Crippen molar-refractivity contribution >= 4 is 21.6 Å². The molecule has 128 valence electrons. The van der Waals surface area contributed by atoms with E-state index in [-0.39, 0.29) is 12.4 Å². The Kier molecular flexibility index (Phi) is 3.35. The Balaban J connectivity index is 1.56. The fraction of sp³-hybridized carbons (Fsp3) is 0.368. The Morgan fingerprint density at radius 1 is 1.32 bits per heavy atom. The zero-order valence-corrected chi connectivity index (χ0v) is 14.8. The number of thiophene rings is 1. The molecule has 2 aliphatic rings. The summed E-state index contributed by atoms with van der Waals surface area (Å²) in [5.74, 6) is 2.18. The lowest BCUT2D eigenvalue weighted by Gasteiger charge is -2.17. The third kappa shape index (κ3) is 2.43. The molecule has 0 N–H and O–H groups in total. The number of rotatable bonds is 2. The van der Waals surface area contributed by atoms with Crippen molar-refractivity contribution in [3.05, 3.63) is 50.9 Å². The van der Waals surface area contributed by atoms with E-state index in [1.165, 1.54) is 10.4 Å². The normalized spacial score (nSPS) is 18.5. The molecule has 1 aliphatic carbocycles. The Morgan fingerprint density at radius 3 is 3.12 bits per heavy atom. The van der Waals surface area contributed by atoms with Gasteiger partial charge in [-0.15, -0.1) is 11.3 Å². The molecule has 0 saturated heterocycles. The van der Waals surface area contributed by atoms with E-state index >= 15 is 0 Å². The number of benzene rings is 1. The van der Waals surface area contributed by atoms with Crippen molar-refractivity contribution in [2.24, 2.45) is 5.92 Å². The van der Waals surface area contributed by atoms with Gasteiger partial charge < -0.3 is 9.47 Å². The van der Waals surface area contributed by atoms with E-state index in [2.05, 4.69) is 11.9 Å². The Morgan fingerprint density at radius 2 is 2.20 bits per heavy atom. The average molecular weight is 354 g/mol. The summed E-state index contributed by atoms with van der Waals surface area (Å²) in [7, 11) is 0. The molecule has 1 aromatic carbocycles. The summed E-state index contributed by atoms with van der Waals surface area (Å²) in [5, 5.41) is 0.829. The first-order valence-corrected chi connectivity index (χ1v) is 9.39. The topological polar surface area (TPSA) is 53.4 Å². The average Bonchev–Trinajstić information content (AvgIpc) is 3.20. The van der Waals surface area contributed by atoms with Gasteiger partial charge in [-0.2, -0.15) is 0 Å². The fourth-order valence-corrected chi connectivity index (χ4v) is 5.06. The van der Waals surface area contributed by atoms with Gasteiger partial charge in [0.25, 0.3) is 5.56 Å². The van der Waals surface area contributed by atoms with Gasteiger partial charge in [0, 0.05) is 4.88 Å². The van der Waals surface area contributed by atoms with Gasteiger partial charge in [0.1, 0.15) is 4.83 Å². The minimum Gasteiger partial charge on any atom is -0.454 e. The smallest absolute Gasteiger partial charge is 0.262 e. The van der Waals surface area contributed by atoms with Gasteiger partial charge in [-0.1, -0.05) is 13.0 Å². The minimum absolute atomic E-state index is 0.0646. The summed E-state index contributed by atoms with van der Waals surface area (Å²) >= 11 is 1.69. The molecule has 0 fully saturated rings. The highest BCUT2D eigenvalue weighted by atomic mass is 32.1. The van der Waals surface area contributed by atoms with E-state index in [0.717, 1.165) is 46.5 Å². The molecule has 3 aromatic rings. The van der Waals surface area contributed by atoms with Gasteiger partial charge in [0.2, 0.25) is 6.79 Å². The van der Waals surface area contributed by atoms with Crippen LogP contribution in [0.2, 0.25) is 0 Å². The predicted octanol–water partition coefficient (Wildman–Crippen LogP) is 3.36. The summed E-state index contributed by atoms with van der Waals surface area (Å²) in [6.07, 6.45) is 4.87. The highest BCUT2D eigenvalue weighted by molar-refractivity contribution is 7.18. The van der Waals surface area contributed by atoms with Crippen LogP contribution in [0, 0.1) is 5.92 Å². The van der Waals surface area contributed by atoms with E-state index in [9.17, 15) is 4.79 Å². The van der Waals surface area contributed by atoms with Crippen molar-refractivity contribution in [1.82, 2.24) is 9.55 Å². The van der Waals surface area contributed by atoms with Crippen LogP contribution in [0.4, 0.5) is 0 Å². The molecule has 1 aliphatic heterocycles. The number of ether oxygens (including phenoxy) is 2. The van der Waals surface area contributed by atoms with Gasteiger partial charge in [0.05, 0.1) is 18.3 Å². The first-order chi connectivity index (χ1) is 12.2. The monoisotopic (exact) mass is 354 g/mol. The van der Waals surface area contributed by atoms with Crippen LogP contribution in [0.3, 0.4) is 0 Å². The first-order valence-electron chi connectivity index (χ1n) is 8.57. The third-order valence-electron chi connectivity index (χ3n) is 5.07. The molecule has 3 heterocycles. The molecule has 1 atom stereocenters. The minimum atomic E-state index is 0.0646. The summed E-state index contributed by atoms with van der Waals surface area (Å²) in [4.78, 5) is 19.8. The zero-order valence-electron chi connectivity index (χ0n) is 13.9. The second kappa shape index (κ2) is 5.59. The number of fused-ring (bicyclic) bond motifs is 4. The maximum absolute atomic E-state index is 13.1.